The fraction of sp³-hybridized carbons (Fsp3) is 0.571. The van der Waals surface area contributed by atoms with Crippen molar-refractivity contribution in [2.24, 2.45) is 4.99 Å². The molecule has 0 saturated carbocycles. The summed E-state index contributed by atoms with van der Waals surface area (Å²) in [5.74, 6) is 2.92. The zero-order valence-corrected chi connectivity index (χ0v) is 13.2. The summed E-state index contributed by atoms with van der Waals surface area (Å²) < 4.78 is 0. The molecule has 0 atom stereocenters. The Hall–Kier alpha value is -1.43. The number of aromatic nitrogens is 1. The normalized spacial score (nSPS) is 11.2. The zero-order chi connectivity index (χ0) is 14.5. The monoisotopic (exact) mass is 295 g/mol. The topological polar surface area (TPSA) is 61.3 Å². The highest BCUT2D eigenvalue weighted by molar-refractivity contribution is 7.98. The second-order valence-electron chi connectivity index (χ2n) is 4.27. The van der Waals surface area contributed by atoms with Crippen molar-refractivity contribution in [3.63, 3.8) is 0 Å². The highest BCUT2D eigenvalue weighted by Crippen LogP contribution is 1.99. The lowest BCUT2D eigenvalue weighted by atomic mass is 10.3. The number of hydrogen-bond acceptors (Lipinski definition) is 4. The molecule has 3 N–H and O–H groups in total. The van der Waals surface area contributed by atoms with Crippen molar-refractivity contribution >= 4 is 23.5 Å². The van der Waals surface area contributed by atoms with Crippen LogP contribution in [0.1, 0.15) is 12.8 Å². The number of rotatable bonds is 9. The lowest BCUT2D eigenvalue weighted by molar-refractivity contribution is 0.715. The molecule has 0 unspecified atom stereocenters. The minimum absolute atomic E-state index is 0.886. The number of pyridine rings is 1. The molecule has 0 bridgehead atoms. The van der Waals surface area contributed by atoms with Gasteiger partial charge in [0.25, 0.3) is 0 Å². The Balaban J connectivity index is 2.01. The number of aliphatic imine (C=N–C) groups is 1. The summed E-state index contributed by atoms with van der Waals surface area (Å²) in [5.41, 5.74) is 0. The van der Waals surface area contributed by atoms with Gasteiger partial charge in [-0.05, 0) is 31.2 Å². The van der Waals surface area contributed by atoms with Crippen molar-refractivity contribution in [1.29, 1.82) is 0 Å². The Kier molecular flexibility index (Phi) is 9.48. The van der Waals surface area contributed by atoms with Crippen LogP contribution in [0.15, 0.2) is 29.4 Å². The Morgan fingerprint density at radius 3 is 2.70 bits per heavy atom. The van der Waals surface area contributed by atoms with Gasteiger partial charge in [0.05, 0.1) is 0 Å². The predicted molar refractivity (Wildman–Crippen MR) is 89.7 cm³/mol. The molecule has 0 amide bonds. The number of thioether (sulfide) groups is 1. The Morgan fingerprint density at radius 2 is 2.00 bits per heavy atom. The second-order valence-corrected chi connectivity index (χ2v) is 5.25. The van der Waals surface area contributed by atoms with Crippen LogP contribution in [0.3, 0.4) is 0 Å². The third-order valence-corrected chi connectivity index (χ3v) is 3.30. The van der Waals surface area contributed by atoms with Gasteiger partial charge in [0, 0.05) is 38.6 Å². The van der Waals surface area contributed by atoms with Gasteiger partial charge in [0.1, 0.15) is 5.82 Å². The van der Waals surface area contributed by atoms with Crippen molar-refractivity contribution in [1.82, 2.24) is 15.6 Å². The SMILES string of the molecule is CN=C(NCCCCNc1ccccn1)NCCSC. The molecule has 1 aromatic rings. The van der Waals surface area contributed by atoms with E-state index in [1.54, 1.807) is 13.2 Å². The first kappa shape index (κ1) is 16.6. The van der Waals surface area contributed by atoms with E-state index in [1.807, 2.05) is 30.0 Å². The molecule has 1 aromatic heterocycles. The van der Waals surface area contributed by atoms with E-state index in [0.717, 1.165) is 50.0 Å². The van der Waals surface area contributed by atoms with Gasteiger partial charge in [-0.2, -0.15) is 11.8 Å². The minimum atomic E-state index is 0.886. The molecule has 5 nitrogen and oxygen atoms in total. The molecule has 112 valence electrons. The molecular weight excluding hydrogens is 270 g/mol. The van der Waals surface area contributed by atoms with E-state index in [0.29, 0.717) is 0 Å². The van der Waals surface area contributed by atoms with Crippen LogP contribution in [0.2, 0.25) is 0 Å². The van der Waals surface area contributed by atoms with Crippen LogP contribution in [0.5, 0.6) is 0 Å². The van der Waals surface area contributed by atoms with Gasteiger partial charge >= 0.3 is 0 Å². The number of nitrogens with one attached hydrogen (secondary N) is 3. The van der Waals surface area contributed by atoms with Crippen molar-refractivity contribution in [2.45, 2.75) is 12.8 Å². The number of nitrogens with zero attached hydrogens (tertiary/aromatic N) is 2. The van der Waals surface area contributed by atoms with Crippen molar-refractivity contribution in [3.8, 4) is 0 Å². The minimum Gasteiger partial charge on any atom is -0.370 e. The maximum atomic E-state index is 4.22. The van der Waals surface area contributed by atoms with Gasteiger partial charge in [-0.1, -0.05) is 6.07 Å². The standard InChI is InChI=1S/C14H25N5S/c1-15-14(19-11-12-20-2)18-10-6-5-9-17-13-7-3-4-8-16-13/h3-4,7-8H,5-6,9-12H2,1-2H3,(H,16,17)(H2,15,18,19). The maximum Gasteiger partial charge on any atom is 0.191 e. The van der Waals surface area contributed by atoms with Crippen molar-refractivity contribution in [3.05, 3.63) is 24.4 Å². The molecule has 20 heavy (non-hydrogen) atoms. The number of anilines is 1. The Labute approximate surface area is 126 Å². The fourth-order valence-electron chi connectivity index (χ4n) is 1.63. The molecule has 1 rings (SSSR count). The fourth-order valence-corrected chi connectivity index (χ4v) is 1.94. The summed E-state index contributed by atoms with van der Waals surface area (Å²) in [6, 6.07) is 5.89. The molecule has 1 heterocycles. The summed E-state index contributed by atoms with van der Waals surface area (Å²) in [6.07, 6.45) is 6.11. The first-order valence-corrected chi connectivity index (χ1v) is 8.34. The van der Waals surface area contributed by atoms with Gasteiger partial charge in [0.2, 0.25) is 0 Å². The van der Waals surface area contributed by atoms with Crippen LogP contribution in [-0.4, -0.2) is 49.6 Å². The molecule has 0 aliphatic heterocycles. The summed E-state index contributed by atoms with van der Waals surface area (Å²) in [5, 5.41) is 9.89. The molecule has 0 aliphatic rings. The van der Waals surface area contributed by atoms with Crippen LogP contribution in [0.4, 0.5) is 5.82 Å². The molecule has 0 fully saturated rings. The Morgan fingerprint density at radius 1 is 1.20 bits per heavy atom. The van der Waals surface area contributed by atoms with Crippen molar-refractivity contribution in [2.75, 3.05) is 44.0 Å². The van der Waals surface area contributed by atoms with Gasteiger partial charge in [-0.25, -0.2) is 4.98 Å². The average molecular weight is 295 g/mol. The molecular formula is C14H25N5S. The van der Waals surface area contributed by atoms with Gasteiger partial charge in [0.15, 0.2) is 5.96 Å². The smallest absolute Gasteiger partial charge is 0.191 e. The number of hydrogen-bond donors (Lipinski definition) is 3. The molecule has 0 aromatic carbocycles. The van der Waals surface area contributed by atoms with E-state index in [4.69, 9.17) is 0 Å². The van der Waals surface area contributed by atoms with Crippen LogP contribution in [-0.2, 0) is 0 Å². The largest absolute Gasteiger partial charge is 0.370 e. The lowest BCUT2D eigenvalue weighted by Gasteiger charge is -2.11. The summed E-state index contributed by atoms with van der Waals surface area (Å²) in [6.45, 7) is 2.82. The van der Waals surface area contributed by atoms with E-state index < -0.39 is 0 Å². The highest BCUT2D eigenvalue weighted by atomic mass is 32.2. The summed E-state index contributed by atoms with van der Waals surface area (Å²) in [4.78, 5) is 8.41. The first-order chi connectivity index (χ1) is 9.86. The summed E-state index contributed by atoms with van der Waals surface area (Å²) >= 11 is 1.83. The lowest BCUT2D eigenvalue weighted by Crippen LogP contribution is -2.38. The second kappa shape index (κ2) is 11.4. The predicted octanol–water partition coefficient (Wildman–Crippen LogP) is 1.80. The van der Waals surface area contributed by atoms with Crippen LogP contribution in [0.25, 0.3) is 0 Å². The maximum absolute atomic E-state index is 4.22. The first-order valence-electron chi connectivity index (χ1n) is 6.95. The molecule has 0 radical (unpaired) electrons. The zero-order valence-electron chi connectivity index (χ0n) is 12.4. The summed E-state index contributed by atoms with van der Waals surface area (Å²) in [7, 11) is 1.80. The van der Waals surface area contributed by atoms with Gasteiger partial charge < -0.3 is 16.0 Å². The molecule has 0 spiro atoms. The molecule has 0 aliphatic carbocycles. The molecule has 0 saturated heterocycles. The van der Waals surface area contributed by atoms with Gasteiger partial charge in [-0.15, -0.1) is 0 Å². The highest BCUT2D eigenvalue weighted by Gasteiger charge is 1.96. The Bertz CT molecular complexity index is 369. The van der Waals surface area contributed by atoms with Crippen LogP contribution < -0.4 is 16.0 Å². The van der Waals surface area contributed by atoms with Crippen molar-refractivity contribution < 1.29 is 0 Å². The van der Waals surface area contributed by atoms with E-state index >= 15 is 0 Å². The van der Waals surface area contributed by atoms with E-state index in [9.17, 15) is 0 Å². The van der Waals surface area contributed by atoms with E-state index in [2.05, 4.69) is 32.2 Å². The quantitative estimate of drug-likeness (QED) is 0.368. The van der Waals surface area contributed by atoms with Gasteiger partial charge in [-0.3, -0.25) is 4.99 Å². The van der Waals surface area contributed by atoms with E-state index in [1.165, 1.54) is 0 Å². The number of guanidine groups is 1. The van der Waals surface area contributed by atoms with Crippen LogP contribution in [0, 0.1) is 0 Å². The number of unbranched alkanes of at least 4 members (excludes halogenated alkanes) is 1. The van der Waals surface area contributed by atoms with Crippen LogP contribution >= 0.6 is 11.8 Å². The van der Waals surface area contributed by atoms with E-state index in [-0.39, 0.29) is 0 Å². The average Bonchev–Trinajstić information content (AvgIpc) is 2.50. The molecule has 6 heteroatoms. The third kappa shape index (κ3) is 7.89. The third-order valence-electron chi connectivity index (χ3n) is 2.69.